The van der Waals surface area contributed by atoms with E-state index in [0.29, 0.717) is 6.54 Å². The maximum absolute atomic E-state index is 11.4. The van der Waals surface area contributed by atoms with E-state index in [-0.39, 0.29) is 12.1 Å². The third kappa shape index (κ3) is 6.67. The molecule has 2 amide bonds. The van der Waals surface area contributed by atoms with Crippen LogP contribution in [0.3, 0.4) is 0 Å². The molecule has 4 nitrogen and oxygen atoms in total. The quantitative estimate of drug-likeness (QED) is 0.626. The third-order valence-electron chi connectivity index (χ3n) is 2.43. The van der Waals surface area contributed by atoms with Crippen molar-refractivity contribution in [3.8, 4) is 0 Å². The first-order valence-corrected chi connectivity index (χ1v) is 6.20. The molecule has 0 aliphatic heterocycles. The number of amides is 2. The lowest BCUT2D eigenvalue weighted by Gasteiger charge is -2.28. The van der Waals surface area contributed by atoms with E-state index < -0.39 is 5.60 Å². The highest BCUT2D eigenvalue weighted by Gasteiger charge is 2.25. The van der Waals surface area contributed by atoms with Crippen LogP contribution in [-0.4, -0.2) is 29.3 Å². The monoisotopic (exact) mass is 230 g/mol. The van der Waals surface area contributed by atoms with E-state index in [0.717, 1.165) is 25.7 Å². The molecule has 3 N–H and O–H groups in total. The Morgan fingerprint density at radius 1 is 1.25 bits per heavy atom. The average Bonchev–Trinajstić information content (AvgIpc) is 2.15. The number of rotatable bonds is 7. The fourth-order valence-electron chi connectivity index (χ4n) is 1.79. The number of hydrogen-bond donors (Lipinski definition) is 3. The highest BCUT2D eigenvalue weighted by molar-refractivity contribution is 5.74. The zero-order chi connectivity index (χ0) is 12.6. The minimum atomic E-state index is -0.752. The van der Waals surface area contributed by atoms with E-state index in [9.17, 15) is 9.90 Å². The number of carbonyl (C=O) groups is 1. The van der Waals surface area contributed by atoms with Gasteiger partial charge in [0.1, 0.15) is 0 Å². The van der Waals surface area contributed by atoms with Crippen molar-refractivity contribution in [1.82, 2.24) is 10.6 Å². The van der Waals surface area contributed by atoms with Crippen molar-refractivity contribution in [2.24, 2.45) is 0 Å². The molecule has 0 saturated carbocycles. The summed E-state index contributed by atoms with van der Waals surface area (Å²) in [5.41, 5.74) is -0.752. The Bertz CT molecular complexity index is 199. The van der Waals surface area contributed by atoms with Crippen LogP contribution in [0.15, 0.2) is 0 Å². The van der Waals surface area contributed by atoms with Gasteiger partial charge in [0.05, 0.1) is 5.60 Å². The van der Waals surface area contributed by atoms with E-state index in [4.69, 9.17) is 0 Å². The second-order valence-electron chi connectivity index (χ2n) is 4.71. The van der Waals surface area contributed by atoms with Gasteiger partial charge in [-0.15, -0.1) is 0 Å². The molecule has 16 heavy (non-hydrogen) atoms. The smallest absolute Gasteiger partial charge is 0.315 e. The normalized spacial score (nSPS) is 11.6. The van der Waals surface area contributed by atoms with Crippen LogP contribution < -0.4 is 10.6 Å². The van der Waals surface area contributed by atoms with Crippen molar-refractivity contribution >= 4 is 6.03 Å². The molecular weight excluding hydrogens is 204 g/mol. The first-order chi connectivity index (χ1) is 7.43. The second kappa shape index (κ2) is 7.49. The summed E-state index contributed by atoms with van der Waals surface area (Å²) in [5.74, 6) is 0. The largest absolute Gasteiger partial charge is 0.388 e. The van der Waals surface area contributed by atoms with E-state index >= 15 is 0 Å². The van der Waals surface area contributed by atoms with Crippen LogP contribution in [0.4, 0.5) is 4.79 Å². The standard InChI is InChI=1S/C12H26N2O2/c1-5-7-12(16,8-6-2)9-13-11(15)14-10(3)4/h10,16H,5-9H2,1-4H3,(H2,13,14,15). The molecule has 0 aromatic heterocycles. The molecule has 0 radical (unpaired) electrons. The molecule has 0 unspecified atom stereocenters. The van der Waals surface area contributed by atoms with E-state index in [2.05, 4.69) is 10.6 Å². The van der Waals surface area contributed by atoms with Crippen molar-refractivity contribution in [2.75, 3.05) is 6.54 Å². The number of hydrogen-bond acceptors (Lipinski definition) is 2. The van der Waals surface area contributed by atoms with Crippen molar-refractivity contribution in [1.29, 1.82) is 0 Å². The predicted octanol–water partition coefficient (Wildman–Crippen LogP) is 2.03. The van der Waals surface area contributed by atoms with Crippen molar-refractivity contribution in [3.63, 3.8) is 0 Å². The Morgan fingerprint density at radius 3 is 2.12 bits per heavy atom. The average molecular weight is 230 g/mol. The lowest BCUT2D eigenvalue weighted by atomic mass is 9.93. The minimum absolute atomic E-state index is 0.116. The Labute approximate surface area is 98.8 Å². The zero-order valence-electron chi connectivity index (χ0n) is 11.0. The summed E-state index contributed by atoms with van der Waals surface area (Å²) < 4.78 is 0. The van der Waals surface area contributed by atoms with Gasteiger partial charge in [0.25, 0.3) is 0 Å². The summed E-state index contributed by atoms with van der Waals surface area (Å²) in [5, 5.41) is 15.7. The molecule has 0 aliphatic rings. The predicted molar refractivity (Wildman–Crippen MR) is 66.4 cm³/mol. The van der Waals surface area contributed by atoms with Gasteiger partial charge in [-0.25, -0.2) is 4.79 Å². The number of aliphatic hydroxyl groups is 1. The summed E-state index contributed by atoms with van der Waals surface area (Å²) in [4.78, 5) is 11.4. The Kier molecular flexibility index (Phi) is 7.13. The molecule has 0 atom stereocenters. The van der Waals surface area contributed by atoms with Crippen LogP contribution in [0, 0.1) is 0 Å². The summed E-state index contributed by atoms with van der Waals surface area (Å²) in [6.07, 6.45) is 3.29. The van der Waals surface area contributed by atoms with E-state index in [1.54, 1.807) is 0 Å². The number of nitrogens with one attached hydrogen (secondary N) is 2. The van der Waals surface area contributed by atoms with Crippen LogP contribution >= 0.6 is 0 Å². The Morgan fingerprint density at radius 2 is 1.75 bits per heavy atom. The minimum Gasteiger partial charge on any atom is -0.388 e. The zero-order valence-corrected chi connectivity index (χ0v) is 11.0. The van der Waals surface area contributed by atoms with Crippen molar-refractivity contribution < 1.29 is 9.90 Å². The van der Waals surface area contributed by atoms with Crippen LogP contribution in [0.5, 0.6) is 0 Å². The molecule has 0 aromatic rings. The van der Waals surface area contributed by atoms with Gasteiger partial charge in [0.2, 0.25) is 0 Å². The molecule has 4 heteroatoms. The molecule has 0 bridgehead atoms. The van der Waals surface area contributed by atoms with E-state index in [1.165, 1.54) is 0 Å². The summed E-state index contributed by atoms with van der Waals surface area (Å²) in [6, 6.07) is -0.0916. The first-order valence-electron chi connectivity index (χ1n) is 6.20. The lowest BCUT2D eigenvalue weighted by molar-refractivity contribution is 0.0240. The van der Waals surface area contributed by atoms with Gasteiger partial charge >= 0.3 is 6.03 Å². The SMILES string of the molecule is CCCC(O)(CCC)CNC(=O)NC(C)C. The van der Waals surface area contributed by atoms with Gasteiger partial charge in [-0.05, 0) is 26.7 Å². The molecule has 0 fully saturated rings. The second-order valence-corrected chi connectivity index (χ2v) is 4.71. The maximum atomic E-state index is 11.4. The van der Waals surface area contributed by atoms with Crippen molar-refractivity contribution in [3.05, 3.63) is 0 Å². The number of carbonyl (C=O) groups excluding carboxylic acids is 1. The number of urea groups is 1. The van der Waals surface area contributed by atoms with E-state index in [1.807, 2.05) is 27.7 Å². The molecule has 0 heterocycles. The fourth-order valence-corrected chi connectivity index (χ4v) is 1.79. The van der Waals surface area contributed by atoms with Gasteiger partial charge < -0.3 is 15.7 Å². The summed E-state index contributed by atoms with van der Waals surface area (Å²) in [6.45, 7) is 8.21. The Hall–Kier alpha value is -0.770. The van der Waals surface area contributed by atoms with Crippen LogP contribution in [0.1, 0.15) is 53.4 Å². The molecule has 0 aromatic carbocycles. The van der Waals surface area contributed by atoms with Crippen LogP contribution in [-0.2, 0) is 0 Å². The topological polar surface area (TPSA) is 61.4 Å². The highest BCUT2D eigenvalue weighted by atomic mass is 16.3. The molecular formula is C12H26N2O2. The van der Waals surface area contributed by atoms with Gasteiger partial charge in [-0.1, -0.05) is 26.7 Å². The van der Waals surface area contributed by atoms with Gasteiger partial charge in [-0.3, -0.25) is 0 Å². The fraction of sp³-hybridized carbons (Fsp3) is 0.917. The third-order valence-corrected chi connectivity index (χ3v) is 2.43. The van der Waals surface area contributed by atoms with Gasteiger partial charge in [-0.2, -0.15) is 0 Å². The summed E-state index contributed by atoms with van der Waals surface area (Å²) in [7, 11) is 0. The highest BCUT2D eigenvalue weighted by Crippen LogP contribution is 2.18. The molecule has 0 rings (SSSR count). The van der Waals surface area contributed by atoms with Crippen molar-refractivity contribution in [2.45, 2.75) is 65.0 Å². The molecule has 96 valence electrons. The van der Waals surface area contributed by atoms with Gasteiger partial charge in [0.15, 0.2) is 0 Å². The van der Waals surface area contributed by atoms with Crippen LogP contribution in [0.25, 0.3) is 0 Å². The maximum Gasteiger partial charge on any atom is 0.315 e. The molecule has 0 saturated heterocycles. The molecule has 0 aliphatic carbocycles. The summed E-state index contributed by atoms with van der Waals surface area (Å²) >= 11 is 0. The van der Waals surface area contributed by atoms with Gasteiger partial charge in [0, 0.05) is 12.6 Å². The Balaban J connectivity index is 4.05. The van der Waals surface area contributed by atoms with Crippen LogP contribution in [0.2, 0.25) is 0 Å². The molecule has 0 spiro atoms. The lowest BCUT2D eigenvalue weighted by Crippen LogP contribution is -2.47. The first kappa shape index (κ1) is 15.2.